The van der Waals surface area contributed by atoms with E-state index in [1.54, 1.807) is 0 Å². The van der Waals surface area contributed by atoms with Crippen molar-refractivity contribution in [3.63, 3.8) is 0 Å². The molecular weight excluding hydrogens is 268 g/mol. The van der Waals surface area contributed by atoms with Gasteiger partial charge in [0.1, 0.15) is 0 Å². The lowest BCUT2D eigenvalue weighted by Crippen LogP contribution is -2.46. The fourth-order valence-corrected chi connectivity index (χ4v) is 4.30. The van der Waals surface area contributed by atoms with E-state index in [-0.39, 0.29) is 0 Å². The smallest absolute Gasteiger partial charge is 0.157 e. The lowest BCUT2D eigenvalue weighted by Gasteiger charge is -2.35. The molecule has 20 heavy (non-hydrogen) atoms. The summed E-state index contributed by atoms with van der Waals surface area (Å²) in [6.45, 7) is 5.14. The highest BCUT2D eigenvalue weighted by Crippen LogP contribution is 2.38. The second-order valence-corrected chi connectivity index (χ2v) is 7.90. The Bertz CT molecular complexity index is 346. The van der Waals surface area contributed by atoms with Gasteiger partial charge in [-0.25, -0.2) is 0 Å². The van der Waals surface area contributed by atoms with E-state index in [0.29, 0.717) is 5.54 Å². The fraction of sp³-hybridized carbons (Fsp3) is 0.938. The highest BCUT2D eigenvalue weighted by atomic mass is 32.2. The Morgan fingerprint density at radius 2 is 2.10 bits per heavy atom. The SMILES string of the molecule is CC1CCC2(CC1)CSC(=NCCCOCC1CC1)N2. The Morgan fingerprint density at radius 1 is 1.30 bits per heavy atom. The summed E-state index contributed by atoms with van der Waals surface area (Å²) in [7, 11) is 0. The molecule has 0 aromatic rings. The topological polar surface area (TPSA) is 33.6 Å². The number of nitrogens with one attached hydrogen (secondary N) is 1. The van der Waals surface area contributed by atoms with Crippen LogP contribution in [-0.4, -0.2) is 36.2 Å². The molecule has 0 amide bonds. The van der Waals surface area contributed by atoms with E-state index in [1.807, 2.05) is 11.8 Å². The van der Waals surface area contributed by atoms with E-state index in [2.05, 4.69) is 12.2 Å². The van der Waals surface area contributed by atoms with Crippen molar-refractivity contribution in [2.45, 2.75) is 57.4 Å². The third-order valence-electron chi connectivity index (χ3n) is 4.84. The first-order valence-corrected chi connectivity index (χ1v) is 9.27. The van der Waals surface area contributed by atoms with Gasteiger partial charge in [-0.05, 0) is 56.8 Å². The maximum Gasteiger partial charge on any atom is 0.157 e. The van der Waals surface area contributed by atoms with Crippen molar-refractivity contribution in [2.75, 3.05) is 25.5 Å². The average molecular weight is 296 g/mol. The third-order valence-corrected chi connectivity index (χ3v) is 6.04. The van der Waals surface area contributed by atoms with Crippen LogP contribution in [0.1, 0.15) is 51.9 Å². The molecule has 0 aromatic carbocycles. The van der Waals surface area contributed by atoms with E-state index in [0.717, 1.165) is 38.0 Å². The zero-order chi connectivity index (χ0) is 13.8. The molecular formula is C16H28N2OS. The largest absolute Gasteiger partial charge is 0.381 e. The van der Waals surface area contributed by atoms with Crippen LogP contribution in [0.4, 0.5) is 0 Å². The van der Waals surface area contributed by atoms with Gasteiger partial charge in [0, 0.05) is 31.1 Å². The van der Waals surface area contributed by atoms with Gasteiger partial charge in [-0.2, -0.15) is 0 Å². The molecule has 3 rings (SSSR count). The van der Waals surface area contributed by atoms with Gasteiger partial charge < -0.3 is 10.1 Å². The van der Waals surface area contributed by atoms with E-state index >= 15 is 0 Å². The number of nitrogens with zero attached hydrogens (tertiary/aromatic N) is 1. The van der Waals surface area contributed by atoms with Crippen molar-refractivity contribution >= 4 is 16.9 Å². The van der Waals surface area contributed by atoms with Gasteiger partial charge in [0.2, 0.25) is 0 Å². The van der Waals surface area contributed by atoms with Crippen LogP contribution in [0.25, 0.3) is 0 Å². The number of thioether (sulfide) groups is 1. The molecule has 0 atom stereocenters. The van der Waals surface area contributed by atoms with Crippen LogP contribution in [0.2, 0.25) is 0 Å². The van der Waals surface area contributed by atoms with E-state index < -0.39 is 0 Å². The maximum atomic E-state index is 5.65. The molecule has 2 saturated carbocycles. The summed E-state index contributed by atoms with van der Waals surface area (Å²) in [5.41, 5.74) is 0.373. The zero-order valence-electron chi connectivity index (χ0n) is 12.7. The number of aliphatic imine (C=N–C) groups is 1. The van der Waals surface area contributed by atoms with Crippen LogP contribution in [-0.2, 0) is 4.74 Å². The molecule has 1 N–H and O–H groups in total. The van der Waals surface area contributed by atoms with Crippen molar-refractivity contribution in [3.8, 4) is 0 Å². The third kappa shape index (κ3) is 4.14. The highest BCUT2D eigenvalue weighted by molar-refractivity contribution is 8.14. The van der Waals surface area contributed by atoms with E-state index in [9.17, 15) is 0 Å². The monoisotopic (exact) mass is 296 g/mol. The van der Waals surface area contributed by atoms with Gasteiger partial charge in [-0.1, -0.05) is 18.7 Å². The molecule has 3 fully saturated rings. The van der Waals surface area contributed by atoms with Crippen molar-refractivity contribution in [3.05, 3.63) is 0 Å². The van der Waals surface area contributed by atoms with Crippen molar-refractivity contribution in [2.24, 2.45) is 16.8 Å². The molecule has 0 unspecified atom stereocenters. The maximum absolute atomic E-state index is 5.65. The van der Waals surface area contributed by atoms with Crippen LogP contribution in [0.3, 0.4) is 0 Å². The lowest BCUT2D eigenvalue weighted by atomic mass is 9.78. The van der Waals surface area contributed by atoms with Crippen molar-refractivity contribution in [1.82, 2.24) is 5.32 Å². The molecule has 4 heteroatoms. The normalized spacial score (nSPS) is 35.6. The molecule has 0 radical (unpaired) electrons. The molecule has 1 heterocycles. The van der Waals surface area contributed by atoms with Crippen LogP contribution in [0.5, 0.6) is 0 Å². The van der Waals surface area contributed by atoms with E-state index in [1.165, 1.54) is 49.4 Å². The van der Waals surface area contributed by atoms with Gasteiger partial charge in [0.15, 0.2) is 5.17 Å². The van der Waals surface area contributed by atoms with Crippen molar-refractivity contribution in [1.29, 1.82) is 0 Å². The first-order valence-electron chi connectivity index (χ1n) is 8.29. The highest BCUT2D eigenvalue weighted by Gasteiger charge is 2.39. The summed E-state index contributed by atoms with van der Waals surface area (Å²) in [4.78, 5) is 4.71. The summed E-state index contributed by atoms with van der Waals surface area (Å²) < 4.78 is 5.65. The van der Waals surface area contributed by atoms with Gasteiger partial charge >= 0.3 is 0 Å². The second-order valence-electron chi connectivity index (χ2n) is 6.94. The van der Waals surface area contributed by atoms with Gasteiger partial charge in [0.05, 0.1) is 0 Å². The molecule has 1 aliphatic heterocycles. The minimum Gasteiger partial charge on any atom is -0.381 e. The standard InChI is InChI=1S/C16H28N2OS/c1-13-5-7-16(8-6-13)12-20-15(18-16)17-9-2-10-19-11-14-3-4-14/h13-14H,2-12H2,1H3,(H,17,18). The number of amidine groups is 1. The minimum atomic E-state index is 0.373. The fourth-order valence-electron chi connectivity index (χ4n) is 3.06. The molecule has 114 valence electrons. The Kier molecular flexibility index (Phi) is 4.92. The summed E-state index contributed by atoms with van der Waals surface area (Å²) >= 11 is 1.93. The zero-order valence-corrected chi connectivity index (χ0v) is 13.5. The number of rotatable bonds is 6. The lowest BCUT2D eigenvalue weighted by molar-refractivity contribution is 0.123. The molecule has 3 aliphatic rings. The summed E-state index contributed by atoms with van der Waals surface area (Å²) in [5, 5.41) is 4.90. The Labute approximate surface area is 127 Å². The van der Waals surface area contributed by atoms with Gasteiger partial charge in [-0.3, -0.25) is 4.99 Å². The Morgan fingerprint density at radius 3 is 2.85 bits per heavy atom. The Hall–Kier alpha value is -0.220. The minimum absolute atomic E-state index is 0.373. The first-order chi connectivity index (χ1) is 9.76. The van der Waals surface area contributed by atoms with Gasteiger partial charge in [0.25, 0.3) is 0 Å². The van der Waals surface area contributed by atoms with Crippen LogP contribution < -0.4 is 5.32 Å². The van der Waals surface area contributed by atoms with Crippen LogP contribution >= 0.6 is 11.8 Å². The quantitative estimate of drug-likeness (QED) is 0.762. The molecule has 2 aliphatic carbocycles. The van der Waals surface area contributed by atoms with Crippen molar-refractivity contribution < 1.29 is 4.74 Å². The van der Waals surface area contributed by atoms with Gasteiger partial charge in [-0.15, -0.1) is 0 Å². The molecule has 1 saturated heterocycles. The number of hydrogen-bond acceptors (Lipinski definition) is 3. The molecule has 3 nitrogen and oxygen atoms in total. The Balaban J connectivity index is 1.32. The average Bonchev–Trinajstić information content (AvgIpc) is 3.20. The summed E-state index contributed by atoms with van der Waals surface area (Å²) in [6.07, 6.45) is 9.21. The summed E-state index contributed by atoms with van der Waals surface area (Å²) in [5.74, 6) is 3.01. The summed E-state index contributed by atoms with van der Waals surface area (Å²) in [6, 6.07) is 0. The number of ether oxygens (including phenoxy) is 1. The molecule has 1 spiro atoms. The van der Waals surface area contributed by atoms with E-state index in [4.69, 9.17) is 9.73 Å². The second kappa shape index (κ2) is 6.69. The predicted molar refractivity (Wildman–Crippen MR) is 86.4 cm³/mol. The number of hydrogen-bond donors (Lipinski definition) is 1. The van der Waals surface area contributed by atoms with Crippen LogP contribution in [0, 0.1) is 11.8 Å². The predicted octanol–water partition coefficient (Wildman–Crippen LogP) is 3.44. The van der Waals surface area contributed by atoms with Crippen LogP contribution in [0.15, 0.2) is 4.99 Å². The molecule has 0 aromatic heterocycles. The first kappa shape index (κ1) is 14.7. The molecule has 0 bridgehead atoms.